The minimum atomic E-state index is -0.272. The summed E-state index contributed by atoms with van der Waals surface area (Å²) in [5, 5.41) is 11.9. The molecule has 0 bridgehead atoms. The molecule has 112 valence electrons. The number of rotatable bonds is 3. The second-order valence-electron chi connectivity index (χ2n) is 5.24. The molecular weight excluding hydrogens is 290 g/mol. The summed E-state index contributed by atoms with van der Waals surface area (Å²) in [5.41, 5.74) is 0.802. The Morgan fingerprint density at radius 1 is 1.57 bits per heavy atom. The minimum absolute atomic E-state index is 0.185. The van der Waals surface area contributed by atoms with Gasteiger partial charge in [0.05, 0.1) is 10.6 Å². The van der Waals surface area contributed by atoms with Crippen LogP contribution in [0.3, 0.4) is 0 Å². The Kier molecular flexibility index (Phi) is 5.24. The van der Waals surface area contributed by atoms with Crippen LogP contribution in [0.25, 0.3) is 0 Å². The summed E-state index contributed by atoms with van der Waals surface area (Å²) < 4.78 is 5.63. The van der Waals surface area contributed by atoms with E-state index in [9.17, 15) is 4.79 Å². The first-order valence-corrected chi connectivity index (χ1v) is 7.23. The molecule has 0 aromatic heterocycles. The normalized spacial score (nSPS) is 20.7. The van der Waals surface area contributed by atoms with Crippen LogP contribution in [-0.4, -0.2) is 36.4 Å². The monoisotopic (exact) mass is 307 g/mol. The molecule has 0 radical (unpaired) electrons. The third kappa shape index (κ3) is 4.21. The van der Waals surface area contributed by atoms with Gasteiger partial charge in [0.25, 0.3) is 5.91 Å². The average molecular weight is 308 g/mol. The molecular formula is C16H18ClNO3. The number of benzene rings is 1. The highest BCUT2D eigenvalue weighted by Gasteiger charge is 2.30. The summed E-state index contributed by atoms with van der Waals surface area (Å²) in [7, 11) is 0. The van der Waals surface area contributed by atoms with E-state index in [1.165, 1.54) is 0 Å². The van der Waals surface area contributed by atoms with E-state index in [1.807, 2.05) is 6.92 Å². The number of amides is 1. The fourth-order valence-corrected chi connectivity index (χ4v) is 2.47. The molecule has 0 spiro atoms. The van der Waals surface area contributed by atoms with Crippen molar-refractivity contribution in [3.05, 3.63) is 34.3 Å². The lowest BCUT2D eigenvalue weighted by molar-refractivity contribution is 0.0206. The highest BCUT2D eigenvalue weighted by molar-refractivity contribution is 6.32. The highest BCUT2D eigenvalue weighted by atomic mass is 35.5. The lowest BCUT2D eigenvalue weighted by atomic mass is 10.0. The maximum atomic E-state index is 12.1. The second-order valence-corrected chi connectivity index (χ2v) is 5.65. The van der Waals surface area contributed by atoms with Gasteiger partial charge in [0.2, 0.25) is 0 Å². The zero-order valence-corrected chi connectivity index (χ0v) is 12.7. The average Bonchev–Trinajstić information content (AvgIpc) is 2.91. The second kappa shape index (κ2) is 6.95. The molecule has 1 heterocycles. The van der Waals surface area contributed by atoms with Crippen molar-refractivity contribution in [3.63, 3.8) is 0 Å². The molecule has 5 heteroatoms. The zero-order valence-electron chi connectivity index (χ0n) is 11.9. The van der Waals surface area contributed by atoms with Crippen LogP contribution >= 0.6 is 11.6 Å². The van der Waals surface area contributed by atoms with Crippen LogP contribution in [0.4, 0.5) is 0 Å². The molecule has 4 nitrogen and oxygen atoms in total. The van der Waals surface area contributed by atoms with Crippen LogP contribution in [0.5, 0.6) is 0 Å². The van der Waals surface area contributed by atoms with Crippen LogP contribution in [-0.2, 0) is 4.74 Å². The predicted octanol–water partition coefficient (Wildman–Crippen LogP) is 1.98. The Morgan fingerprint density at radius 2 is 2.38 bits per heavy atom. The van der Waals surface area contributed by atoms with Gasteiger partial charge in [0.1, 0.15) is 6.61 Å². The van der Waals surface area contributed by atoms with Crippen LogP contribution in [0.15, 0.2) is 18.2 Å². The van der Waals surface area contributed by atoms with Gasteiger partial charge in [-0.3, -0.25) is 4.79 Å². The standard InChI is InChI=1S/C16H18ClNO3/c1-16(7-3-9-21-16)11-18-15(20)13-6-5-12(4-2-8-19)14(17)10-13/h5-6,10,19H,3,7-9,11H2,1H3,(H,18,20). The Bertz CT molecular complexity index is 583. The lowest BCUT2D eigenvalue weighted by Gasteiger charge is -2.23. The quantitative estimate of drug-likeness (QED) is 0.840. The number of hydrogen-bond acceptors (Lipinski definition) is 3. The van der Waals surface area contributed by atoms with Gasteiger partial charge in [-0.15, -0.1) is 0 Å². The molecule has 1 unspecified atom stereocenters. The van der Waals surface area contributed by atoms with Gasteiger partial charge in [0.15, 0.2) is 0 Å². The number of carbonyl (C=O) groups excluding carboxylic acids is 1. The molecule has 1 saturated heterocycles. The Balaban J connectivity index is 2.01. The first-order chi connectivity index (χ1) is 10.0. The molecule has 0 aliphatic carbocycles. The molecule has 1 atom stereocenters. The molecule has 1 aliphatic rings. The van der Waals surface area contributed by atoms with Crippen molar-refractivity contribution in [1.29, 1.82) is 0 Å². The van der Waals surface area contributed by atoms with Crippen molar-refractivity contribution in [2.75, 3.05) is 19.8 Å². The zero-order chi connectivity index (χ0) is 15.3. The first kappa shape index (κ1) is 15.8. The van der Waals surface area contributed by atoms with Crippen molar-refractivity contribution in [3.8, 4) is 11.8 Å². The summed E-state index contributed by atoms with van der Waals surface area (Å²) in [5.74, 6) is 5.07. The third-order valence-electron chi connectivity index (χ3n) is 3.46. The summed E-state index contributed by atoms with van der Waals surface area (Å²) in [6.45, 7) is 3.00. The van der Waals surface area contributed by atoms with Crippen molar-refractivity contribution in [2.45, 2.75) is 25.4 Å². The molecule has 1 amide bonds. The van der Waals surface area contributed by atoms with E-state index in [4.69, 9.17) is 21.4 Å². The van der Waals surface area contributed by atoms with Gasteiger partial charge in [-0.2, -0.15) is 0 Å². The maximum absolute atomic E-state index is 12.1. The summed E-state index contributed by atoms with van der Waals surface area (Å²) >= 11 is 6.08. The largest absolute Gasteiger partial charge is 0.384 e. The van der Waals surface area contributed by atoms with E-state index in [0.29, 0.717) is 22.7 Å². The topological polar surface area (TPSA) is 58.6 Å². The number of nitrogens with one attached hydrogen (secondary N) is 1. The minimum Gasteiger partial charge on any atom is -0.384 e. The van der Waals surface area contributed by atoms with Gasteiger partial charge in [-0.05, 0) is 38.0 Å². The number of ether oxygens (including phenoxy) is 1. The van der Waals surface area contributed by atoms with E-state index in [0.717, 1.165) is 19.4 Å². The Hall–Kier alpha value is -1.54. The van der Waals surface area contributed by atoms with E-state index in [2.05, 4.69) is 17.2 Å². The van der Waals surface area contributed by atoms with E-state index in [-0.39, 0.29) is 18.1 Å². The molecule has 0 saturated carbocycles. The summed E-state index contributed by atoms with van der Waals surface area (Å²) in [4.78, 5) is 12.1. The maximum Gasteiger partial charge on any atom is 0.251 e. The summed E-state index contributed by atoms with van der Waals surface area (Å²) in [6.07, 6.45) is 1.97. The van der Waals surface area contributed by atoms with Crippen LogP contribution in [0.1, 0.15) is 35.7 Å². The van der Waals surface area contributed by atoms with E-state index >= 15 is 0 Å². The van der Waals surface area contributed by atoms with E-state index in [1.54, 1.807) is 18.2 Å². The first-order valence-electron chi connectivity index (χ1n) is 6.85. The van der Waals surface area contributed by atoms with Crippen LogP contribution < -0.4 is 5.32 Å². The molecule has 2 N–H and O–H groups in total. The lowest BCUT2D eigenvalue weighted by Crippen LogP contribution is -2.40. The van der Waals surface area contributed by atoms with Crippen molar-refractivity contribution < 1.29 is 14.6 Å². The van der Waals surface area contributed by atoms with Crippen molar-refractivity contribution in [1.82, 2.24) is 5.32 Å². The fourth-order valence-electron chi connectivity index (χ4n) is 2.24. The molecule has 21 heavy (non-hydrogen) atoms. The Labute approximate surface area is 129 Å². The van der Waals surface area contributed by atoms with Crippen molar-refractivity contribution in [2.24, 2.45) is 0 Å². The molecule has 2 rings (SSSR count). The van der Waals surface area contributed by atoms with E-state index < -0.39 is 0 Å². The number of hydrogen-bond donors (Lipinski definition) is 2. The van der Waals surface area contributed by atoms with Gasteiger partial charge in [0, 0.05) is 24.3 Å². The fraction of sp³-hybridized carbons (Fsp3) is 0.438. The van der Waals surface area contributed by atoms with Crippen LogP contribution in [0, 0.1) is 11.8 Å². The van der Waals surface area contributed by atoms with Crippen LogP contribution in [0.2, 0.25) is 5.02 Å². The third-order valence-corrected chi connectivity index (χ3v) is 3.77. The molecule has 1 aromatic carbocycles. The highest BCUT2D eigenvalue weighted by Crippen LogP contribution is 2.24. The SMILES string of the molecule is CC1(CNC(=O)c2ccc(C#CCO)c(Cl)c2)CCCO1. The predicted molar refractivity (Wildman–Crippen MR) is 81.3 cm³/mol. The molecule has 1 aromatic rings. The number of carbonyl (C=O) groups is 1. The van der Waals surface area contributed by atoms with Gasteiger partial charge < -0.3 is 15.2 Å². The van der Waals surface area contributed by atoms with Gasteiger partial charge >= 0.3 is 0 Å². The number of aliphatic hydroxyl groups is 1. The Morgan fingerprint density at radius 3 is 3.00 bits per heavy atom. The summed E-state index contributed by atoms with van der Waals surface area (Å²) in [6, 6.07) is 4.92. The number of halogens is 1. The molecule has 1 fully saturated rings. The van der Waals surface area contributed by atoms with Gasteiger partial charge in [-0.25, -0.2) is 0 Å². The van der Waals surface area contributed by atoms with Crippen molar-refractivity contribution >= 4 is 17.5 Å². The smallest absolute Gasteiger partial charge is 0.251 e. The van der Waals surface area contributed by atoms with Gasteiger partial charge in [-0.1, -0.05) is 23.4 Å². The number of aliphatic hydroxyl groups excluding tert-OH is 1. The molecule has 1 aliphatic heterocycles.